The van der Waals surface area contributed by atoms with Crippen molar-refractivity contribution in [2.75, 3.05) is 0 Å². The summed E-state index contributed by atoms with van der Waals surface area (Å²) in [6.07, 6.45) is 2.91. The Morgan fingerprint density at radius 3 is 2.74 bits per heavy atom. The van der Waals surface area contributed by atoms with E-state index in [0.29, 0.717) is 24.2 Å². The first kappa shape index (κ1) is 15.5. The molecule has 0 aliphatic heterocycles. The summed E-state index contributed by atoms with van der Waals surface area (Å²) >= 11 is 0. The van der Waals surface area contributed by atoms with E-state index < -0.39 is 5.97 Å². The Hall–Kier alpha value is -2.43. The molecule has 1 N–H and O–H groups in total. The molecule has 1 aliphatic rings. The molecule has 0 radical (unpaired) electrons. The lowest BCUT2D eigenvalue weighted by atomic mass is 9.97. The van der Waals surface area contributed by atoms with Gasteiger partial charge in [0.15, 0.2) is 0 Å². The van der Waals surface area contributed by atoms with E-state index in [2.05, 4.69) is 11.9 Å². The first-order chi connectivity index (χ1) is 11.1. The Kier molecular flexibility index (Phi) is 4.28. The highest BCUT2D eigenvalue weighted by Crippen LogP contribution is 2.23. The molecule has 23 heavy (non-hydrogen) atoms. The maximum atomic E-state index is 12.2. The molecule has 1 heterocycles. The molecular formula is C18H20N2O3. The van der Waals surface area contributed by atoms with E-state index in [1.54, 1.807) is 4.57 Å². The molecule has 5 nitrogen and oxygen atoms in total. The number of carbonyl (C=O) groups is 1. The molecule has 0 fully saturated rings. The first-order valence-electron chi connectivity index (χ1n) is 7.94. The number of hydrogen-bond acceptors (Lipinski definition) is 3. The fraction of sp³-hybridized carbons (Fsp3) is 0.389. The normalized spacial score (nSPS) is 14.5. The van der Waals surface area contributed by atoms with Crippen LogP contribution in [0.3, 0.4) is 0 Å². The zero-order chi connectivity index (χ0) is 16.4. The van der Waals surface area contributed by atoms with Gasteiger partial charge in [0.05, 0.1) is 0 Å². The third-order valence-corrected chi connectivity index (χ3v) is 4.47. The summed E-state index contributed by atoms with van der Waals surface area (Å²) in [5.41, 5.74) is 2.53. The van der Waals surface area contributed by atoms with Gasteiger partial charge in [-0.25, -0.2) is 0 Å². The minimum absolute atomic E-state index is 0.132. The SMILES string of the molecule is CC(Cc1nc(=O)c2c(n1CC(=O)O)CCC2)c1ccccc1. The number of carboxylic acid groups (broad SMARTS) is 1. The summed E-state index contributed by atoms with van der Waals surface area (Å²) in [5.74, 6) is -0.157. The van der Waals surface area contributed by atoms with Crippen molar-refractivity contribution < 1.29 is 9.90 Å². The van der Waals surface area contributed by atoms with E-state index >= 15 is 0 Å². The summed E-state index contributed by atoms with van der Waals surface area (Å²) in [7, 11) is 0. The number of carboxylic acids is 1. The topological polar surface area (TPSA) is 72.2 Å². The van der Waals surface area contributed by atoms with Crippen LogP contribution in [0, 0.1) is 0 Å². The van der Waals surface area contributed by atoms with Gasteiger partial charge in [-0.2, -0.15) is 4.98 Å². The molecule has 2 aromatic rings. The summed E-state index contributed by atoms with van der Waals surface area (Å²) in [6, 6.07) is 10.00. The number of fused-ring (bicyclic) bond motifs is 1. The van der Waals surface area contributed by atoms with Gasteiger partial charge in [0.2, 0.25) is 0 Å². The van der Waals surface area contributed by atoms with Crippen molar-refractivity contribution in [3.8, 4) is 0 Å². The van der Waals surface area contributed by atoms with Crippen molar-refractivity contribution in [2.24, 2.45) is 0 Å². The second-order valence-electron chi connectivity index (χ2n) is 6.11. The molecule has 1 atom stereocenters. The van der Waals surface area contributed by atoms with Crippen LogP contribution in [0.5, 0.6) is 0 Å². The number of benzene rings is 1. The van der Waals surface area contributed by atoms with Crippen LogP contribution in [-0.4, -0.2) is 20.6 Å². The fourth-order valence-electron chi connectivity index (χ4n) is 3.31. The van der Waals surface area contributed by atoms with Crippen molar-refractivity contribution >= 4 is 5.97 Å². The number of aliphatic carboxylic acids is 1. The third-order valence-electron chi connectivity index (χ3n) is 4.47. The molecule has 120 valence electrons. The Morgan fingerprint density at radius 2 is 2.04 bits per heavy atom. The Morgan fingerprint density at radius 1 is 1.30 bits per heavy atom. The fourth-order valence-corrected chi connectivity index (χ4v) is 3.31. The lowest BCUT2D eigenvalue weighted by Gasteiger charge is -2.18. The van der Waals surface area contributed by atoms with Crippen LogP contribution in [0.1, 0.15) is 41.9 Å². The molecule has 5 heteroatoms. The van der Waals surface area contributed by atoms with Gasteiger partial charge in [-0.3, -0.25) is 9.59 Å². The monoisotopic (exact) mass is 312 g/mol. The average molecular weight is 312 g/mol. The van der Waals surface area contributed by atoms with Gasteiger partial charge in [0.1, 0.15) is 12.4 Å². The lowest BCUT2D eigenvalue weighted by molar-refractivity contribution is -0.137. The maximum Gasteiger partial charge on any atom is 0.323 e. The lowest BCUT2D eigenvalue weighted by Crippen LogP contribution is -2.27. The summed E-state index contributed by atoms with van der Waals surface area (Å²) < 4.78 is 1.74. The zero-order valence-electron chi connectivity index (χ0n) is 13.2. The van der Waals surface area contributed by atoms with E-state index in [1.165, 1.54) is 0 Å². The molecule has 3 rings (SSSR count). The highest BCUT2D eigenvalue weighted by molar-refractivity contribution is 5.66. The Balaban J connectivity index is 1.99. The van der Waals surface area contributed by atoms with E-state index in [-0.39, 0.29) is 18.0 Å². The maximum absolute atomic E-state index is 12.2. The molecule has 0 amide bonds. The molecule has 0 spiro atoms. The van der Waals surface area contributed by atoms with Crippen molar-refractivity contribution in [3.05, 3.63) is 63.3 Å². The minimum Gasteiger partial charge on any atom is -0.480 e. The summed E-state index contributed by atoms with van der Waals surface area (Å²) in [6.45, 7) is 1.94. The zero-order valence-corrected chi connectivity index (χ0v) is 13.2. The van der Waals surface area contributed by atoms with E-state index in [9.17, 15) is 14.7 Å². The van der Waals surface area contributed by atoms with Crippen LogP contribution in [-0.2, 0) is 30.6 Å². The predicted octanol–water partition coefficient (Wildman–Crippen LogP) is 2.16. The van der Waals surface area contributed by atoms with Crippen molar-refractivity contribution in [1.82, 2.24) is 9.55 Å². The highest BCUT2D eigenvalue weighted by atomic mass is 16.4. The van der Waals surface area contributed by atoms with Crippen LogP contribution in [0.4, 0.5) is 0 Å². The standard InChI is InChI=1S/C18H20N2O3/c1-12(13-6-3-2-4-7-13)10-16-19-18(23)14-8-5-9-15(14)20(16)11-17(21)22/h2-4,6-7,12H,5,8-11H2,1H3,(H,21,22). The number of aromatic nitrogens is 2. The number of nitrogens with zero attached hydrogens (tertiary/aromatic N) is 2. The summed E-state index contributed by atoms with van der Waals surface area (Å²) in [4.78, 5) is 27.7. The third kappa shape index (κ3) is 3.18. The van der Waals surface area contributed by atoms with Gasteiger partial charge in [0.25, 0.3) is 5.56 Å². The summed E-state index contributed by atoms with van der Waals surface area (Å²) in [5, 5.41) is 9.22. The highest BCUT2D eigenvalue weighted by Gasteiger charge is 2.23. The molecule has 0 saturated heterocycles. The quantitative estimate of drug-likeness (QED) is 0.918. The molecule has 1 aromatic carbocycles. The van der Waals surface area contributed by atoms with Gasteiger partial charge in [-0.1, -0.05) is 37.3 Å². The molecule has 1 aliphatic carbocycles. The smallest absolute Gasteiger partial charge is 0.323 e. The largest absolute Gasteiger partial charge is 0.480 e. The van der Waals surface area contributed by atoms with Crippen LogP contribution in [0.25, 0.3) is 0 Å². The minimum atomic E-state index is -0.904. The van der Waals surface area contributed by atoms with Gasteiger partial charge >= 0.3 is 5.97 Å². The van der Waals surface area contributed by atoms with Crippen LogP contribution in [0.15, 0.2) is 35.1 Å². The van der Waals surface area contributed by atoms with Crippen molar-refractivity contribution in [2.45, 2.75) is 45.1 Å². The number of rotatable bonds is 5. The van der Waals surface area contributed by atoms with Gasteiger partial charge in [0, 0.05) is 17.7 Å². The number of hydrogen-bond donors (Lipinski definition) is 1. The molecule has 0 saturated carbocycles. The Labute approximate surface area is 134 Å². The van der Waals surface area contributed by atoms with E-state index in [4.69, 9.17) is 0 Å². The molecule has 0 bridgehead atoms. The van der Waals surface area contributed by atoms with Crippen LogP contribution < -0.4 is 5.56 Å². The average Bonchev–Trinajstić information content (AvgIpc) is 3.02. The first-order valence-corrected chi connectivity index (χ1v) is 7.94. The van der Waals surface area contributed by atoms with Crippen molar-refractivity contribution in [1.29, 1.82) is 0 Å². The predicted molar refractivity (Wildman–Crippen MR) is 86.7 cm³/mol. The van der Waals surface area contributed by atoms with Gasteiger partial charge in [-0.15, -0.1) is 0 Å². The van der Waals surface area contributed by atoms with E-state index in [0.717, 1.165) is 24.1 Å². The molecular weight excluding hydrogens is 292 g/mol. The van der Waals surface area contributed by atoms with Crippen LogP contribution >= 0.6 is 0 Å². The van der Waals surface area contributed by atoms with Gasteiger partial charge in [-0.05, 0) is 30.7 Å². The second kappa shape index (κ2) is 6.36. The Bertz CT molecular complexity index is 781. The molecule has 1 unspecified atom stereocenters. The van der Waals surface area contributed by atoms with Crippen molar-refractivity contribution in [3.63, 3.8) is 0 Å². The van der Waals surface area contributed by atoms with E-state index in [1.807, 2.05) is 30.3 Å². The van der Waals surface area contributed by atoms with Gasteiger partial charge < -0.3 is 9.67 Å². The molecule has 1 aromatic heterocycles. The van der Waals surface area contributed by atoms with Crippen LogP contribution in [0.2, 0.25) is 0 Å². The second-order valence-corrected chi connectivity index (χ2v) is 6.11.